The van der Waals surface area contributed by atoms with Gasteiger partial charge in [-0.3, -0.25) is 0 Å². The van der Waals surface area contributed by atoms with Crippen molar-refractivity contribution < 1.29 is 9.90 Å². The molecule has 2 aromatic heterocycles. The molecule has 0 aromatic carbocycles. The highest BCUT2D eigenvalue weighted by atomic mass is 16.4. The molecule has 0 spiro atoms. The van der Waals surface area contributed by atoms with Crippen molar-refractivity contribution in [2.75, 3.05) is 5.73 Å². The van der Waals surface area contributed by atoms with Crippen LogP contribution in [0.1, 0.15) is 10.4 Å². The van der Waals surface area contributed by atoms with Crippen molar-refractivity contribution in [3.63, 3.8) is 0 Å². The number of hydrogen-bond donors (Lipinski definition) is 3. The van der Waals surface area contributed by atoms with Gasteiger partial charge in [-0.2, -0.15) is 0 Å². The SMILES string of the molecule is Nc1nc(-c2cc[nH]c2)ncc1C(=O)O. The largest absolute Gasteiger partial charge is 0.477 e. The van der Waals surface area contributed by atoms with E-state index in [1.165, 1.54) is 6.20 Å². The summed E-state index contributed by atoms with van der Waals surface area (Å²) in [5.74, 6) is -0.763. The van der Waals surface area contributed by atoms with Gasteiger partial charge in [0, 0.05) is 24.2 Å². The third-order valence-corrected chi connectivity index (χ3v) is 1.90. The number of rotatable bonds is 2. The molecule has 0 atom stereocenters. The Morgan fingerprint density at radius 3 is 2.87 bits per heavy atom. The molecule has 4 N–H and O–H groups in total. The lowest BCUT2D eigenvalue weighted by Crippen LogP contribution is -2.06. The molecule has 2 rings (SSSR count). The molecule has 6 nitrogen and oxygen atoms in total. The lowest BCUT2D eigenvalue weighted by atomic mass is 10.3. The van der Waals surface area contributed by atoms with Gasteiger partial charge in [-0.1, -0.05) is 0 Å². The smallest absolute Gasteiger partial charge is 0.341 e. The van der Waals surface area contributed by atoms with Gasteiger partial charge in [-0.05, 0) is 6.07 Å². The zero-order valence-corrected chi connectivity index (χ0v) is 7.64. The van der Waals surface area contributed by atoms with Gasteiger partial charge in [-0.25, -0.2) is 14.8 Å². The highest BCUT2D eigenvalue weighted by Crippen LogP contribution is 2.16. The van der Waals surface area contributed by atoms with Crippen LogP contribution in [0.25, 0.3) is 11.4 Å². The number of aromatic carboxylic acids is 1. The van der Waals surface area contributed by atoms with Crippen molar-refractivity contribution >= 4 is 11.8 Å². The number of carboxylic acid groups (broad SMARTS) is 1. The Labute approximate surface area is 84.8 Å². The Morgan fingerprint density at radius 1 is 1.53 bits per heavy atom. The Bertz CT molecular complexity index is 493. The molecule has 0 fully saturated rings. The van der Waals surface area contributed by atoms with Gasteiger partial charge in [0.25, 0.3) is 0 Å². The summed E-state index contributed by atoms with van der Waals surface area (Å²) >= 11 is 0. The minimum absolute atomic E-state index is 0.0336. The van der Waals surface area contributed by atoms with E-state index in [-0.39, 0.29) is 11.4 Å². The number of aromatic nitrogens is 3. The summed E-state index contributed by atoms with van der Waals surface area (Å²) in [6, 6.07) is 1.77. The van der Waals surface area contributed by atoms with E-state index in [1.54, 1.807) is 18.5 Å². The first kappa shape index (κ1) is 9.20. The molecular formula is C9H8N4O2. The second-order valence-electron chi connectivity index (χ2n) is 2.90. The number of anilines is 1. The zero-order valence-electron chi connectivity index (χ0n) is 7.64. The number of nitrogen functional groups attached to an aromatic ring is 1. The van der Waals surface area contributed by atoms with E-state index in [2.05, 4.69) is 15.0 Å². The Balaban J connectivity index is 2.47. The monoisotopic (exact) mass is 204 g/mol. The van der Waals surface area contributed by atoms with Crippen LogP contribution in [0.4, 0.5) is 5.82 Å². The molecular weight excluding hydrogens is 196 g/mol. The molecule has 0 radical (unpaired) electrons. The molecule has 2 aromatic rings. The first-order chi connectivity index (χ1) is 7.18. The molecule has 0 aliphatic rings. The Morgan fingerprint density at radius 2 is 2.33 bits per heavy atom. The van der Waals surface area contributed by atoms with Crippen LogP contribution in [0.2, 0.25) is 0 Å². The fourth-order valence-corrected chi connectivity index (χ4v) is 1.16. The highest BCUT2D eigenvalue weighted by molar-refractivity contribution is 5.92. The van der Waals surface area contributed by atoms with Gasteiger partial charge in [0.1, 0.15) is 11.4 Å². The van der Waals surface area contributed by atoms with E-state index in [4.69, 9.17) is 10.8 Å². The van der Waals surface area contributed by atoms with Crippen LogP contribution in [-0.4, -0.2) is 26.0 Å². The van der Waals surface area contributed by atoms with E-state index in [1.807, 2.05) is 0 Å². The first-order valence-corrected chi connectivity index (χ1v) is 4.17. The summed E-state index contributed by atoms with van der Waals surface area (Å²) in [6.07, 6.45) is 4.63. The lowest BCUT2D eigenvalue weighted by molar-refractivity contribution is 0.0697. The number of carboxylic acids is 1. The number of hydrogen-bond acceptors (Lipinski definition) is 4. The predicted molar refractivity (Wildman–Crippen MR) is 53.2 cm³/mol. The third kappa shape index (κ3) is 1.64. The average Bonchev–Trinajstić information content (AvgIpc) is 2.69. The van der Waals surface area contributed by atoms with Gasteiger partial charge < -0.3 is 15.8 Å². The van der Waals surface area contributed by atoms with Crippen molar-refractivity contribution in [2.45, 2.75) is 0 Å². The van der Waals surface area contributed by atoms with Gasteiger partial charge >= 0.3 is 5.97 Å². The number of nitrogens with one attached hydrogen (secondary N) is 1. The van der Waals surface area contributed by atoms with Crippen LogP contribution in [-0.2, 0) is 0 Å². The second kappa shape index (κ2) is 3.41. The summed E-state index contributed by atoms with van der Waals surface area (Å²) < 4.78 is 0. The van der Waals surface area contributed by atoms with Gasteiger partial charge in [0.05, 0.1) is 0 Å². The Kier molecular flexibility index (Phi) is 2.09. The standard InChI is InChI=1S/C9H8N4O2/c10-7-6(9(14)15)4-12-8(13-7)5-1-2-11-3-5/h1-4,11H,(H,14,15)(H2,10,12,13). The number of carbonyl (C=O) groups is 1. The van der Waals surface area contributed by atoms with Crippen molar-refractivity contribution in [2.24, 2.45) is 0 Å². The maximum Gasteiger partial charge on any atom is 0.341 e. The number of H-pyrrole nitrogens is 1. The predicted octanol–water partition coefficient (Wildman–Crippen LogP) is 0.752. The van der Waals surface area contributed by atoms with Crippen molar-refractivity contribution in [3.05, 3.63) is 30.2 Å². The van der Waals surface area contributed by atoms with Crippen LogP contribution in [0.5, 0.6) is 0 Å². The normalized spacial score (nSPS) is 10.1. The second-order valence-corrected chi connectivity index (χ2v) is 2.90. The molecule has 0 aliphatic carbocycles. The van der Waals surface area contributed by atoms with Crippen molar-refractivity contribution in [1.82, 2.24) is 15.0 Å². The molecule has 0 aliphatic heterocycles. The molecule has 6 heteroatoms. The van der Waals surface area contributed by atoms with Gasteiger partial charge in [0.2, 0.25) is 0 Å². The molecule has 15 heavy (non-hydrogen) atoms. The molecule has 0 saturated carbocycles. The van der Waals surface area contributed by atoms with E-state index in [9.17, 15) is 4.79 Å². The van der Waals surface area contributed by atoms with Crippen LogP contribution < -0.4 is 5.73 Å². The van der Waals surface area contributed by atoms with Crippen molar-refractivity contribution in [3.8, 4) is 11.4 Å². The summed E-state index contributed by atoms with van der Waals surface area (Å²) in [6.45, 7) is 0. The summed E-state index contributed by atoms with van der Waals surface area (Å²) in [4.78, 5) is 21.3. The van der Waals surface area contributed by atoms with Gasteiger partial charge in [0.15, 0.2) is 5.82 Å². The topological polar surface area (TPSA) is 105 Å². The molecule has 0 saturated heterocycles. The average molecular weight is 204 g/mol. The lowest BCUT2D eigenvalue weighted by Gasteiger charge is -2.01. The number of nitrogens with zero attached hydrogens (tertiary/aromatic N) is 2. The molecule has 0 bridgehead atoms. The number of aromatic amines is 1. The molecule has 76 valence electrons. The van der Waals surface area contributed by atoms with Crippen molar-refractivity contribution in [1.29, 1.82) is 0 Å². The number of nitrogens with two attached hydrogens (primary N) is 1. The minimum atomic E-state index is -1.13. The zero-order chi connectivity index (χ0) is 10.8. The fourth-order valence-electron chi connectivity index (χ4n) is 1.16. The minimum Gasteiger partial charge on any atom is -0.477 e. The molecule has 2 heterocycles. The summed E-state index contributed by atoms with van der Waals surface area (Å²) in [7, 11) is 0. The van der Waals surface area contributed by atoms with E-state index in [0.29, 0.717) is 5.82 Å². The highest BCUT2D eigenvalue weighted by Gasteiger charge is 2.11. The third-order valence-electron chi connectivity index (χ3n) is 1.90. The quantitative estimate of drug-likeness (QED) is 0.669. The molecule has 0 amide bonds. The van der Waals surface area contributed by atoms with Crippen LogP contribution in [0.15, 0.2) is 24.7 Å². The van der Waals surface area contributed by atoms with Crippen LogP contribution in [0, 0.1) is 0 Å². The van der Waals surface area contributed by atoms with Crippen LogP contribution in [0.3, 0.4) is 0 Å². The van der Waals surface area contributed by atoms with E-state index >= 15 is 0 Å². The fraction of sp³-hybridized carbons (Fsp3) is 0. The van der Waals surface area contributed by atoms with E-state index < -0.39 is 5.97 Å². The Hall–Kier alpha value is -2.37. The summed E-state index contributed by atoms with van der Waals surface area (Å²) in [5.41, 5.74) is 6.16. The maximum absolute atomic E-state index is 10.7. The summed E-state index contributed by atoms with van der Waals surface area (Å²) in [5, 5.41) is 8.72. The molecule has 0 unspecified atom stereocenters. The van der Waals surface area contributed by atoms with Gasteiger partial charge in [-0.15, -0.1) is 0 Å². The first-order valence-electron chi connectivity index (χ1n) is 4.17. The van der Waals surface area contributed by atoms with Crippen LogP contribution >= 0.6 is 0 Å². The van der Waals surface area contributed by atoms with E-state index in [0.717, 1.165) is 5.56 Å². The maximum atomic E-state index is 10.7.